The summed E-state index contributed by atoms with van der Waals surface area (Å²) in [4.78, 5) is 20.4. The fourth-order valence-electron chi connectivity index (χ4n) is 4.71. The van der Waals surface area contributed by atoms with Gasteiger partial charge in [0.15, 0.2) is 7.05 Å². The van der Waals surface area contributed by atoms with E-state index < -0.39 is 0 Å². The fraction of sp³-hybridized carbons (Fsp3) is 0.417. The summed E-state index contributed by atoms with van der Waals surface area (Å²) >= 11 is 0. The van der Waals surface area contributed by atoms with E-state index in [4.69, 9.17) is 5.26 Å². The number of aromatic amines is 1. The van der Waals surface area contributed by atoms with Crippen LogP contribution in [0.2, 0.25) is 0 Å². The third-order valence-electron chi connectivity index (χ3n) is 6.50. The van der Waals surface area contributed by atoms with Gasteiger partial charge in [0, 0.05) is 44.0 Å². The van der Waals surface area contributed by atoms with Crippen LogP contribution in [-0.2, 0) is 6.54 Å². The van der Waals surface area contributed by atoms with E-state index >= 15 is 0 Å². The Balaban J connectivity index is 0.00000231. The molecule has 160 valence electrons. The molecule has 3 heterocycles. The number of azo groups is 2. The van der Waals surface area contributed by atoms with Crippen molar-refractivity contribution in [2.75, 3.05) is 38.1 Å². The molecule has 7 heteroatoms. The average Bonchev–Trinajstić information content (AvgIpc) is 3.42. The Morgan fingerprint density at radius 2 is 1.94 bits per heavy atom. The summed E-state index contributed by atoms with van der Waals surface area (Å²) in [5, 5.41) is 13.3. The first-order valence-corrected chi connectivity index (χ1v) is 10.5. The number of piperazine rings is 1. The summed E-state index contributed by atoms with van der Waals surface area (Å²) in [6, 6.07) is 12.5. The molecule has 2 aromatic rings. The lowest BCUT2D eigenvalue weighted by atomic mass is 10.1. The number of aromatic nitrogens is 1. The average molecular weight is 418 g/mol. The maximum Gasteiger partial charge on any atom is 0.260 e. The lowest BCUT2D eigenvalue weighted by molar-refractivity contribution is -0.476. The van der Waals surface area contributed by atoms with Gasteiger partial charge in [-0.3, -0.25) is 9.69 Å². The van der Waals surface area contributed by atoms with E-state index in [-0.39, 0.29) is 13.0 Å². The molecule has 0 bridgehead atoms. The molecular weight excluding hydrogens is 388 g/mol. The summed E-state index contributed by atoms with van der Waals surface area (Å²) in [5.74, 6) is 0. The van der Waals surface area contributed by atoms with E-state index in [9.17, 15) is 4.79 Å². The zero-order chi connectivity index (χ0) is 20.7. The predicted octanol–water partition coefficient (Wildman–Crippen LogP) is 3.49. The van der Waals surface area contributed by atoms with Crippen LogP contribution in [0, 0.1) is 11.3 Å². The molecular formula is C24H29N6O+. The van der Waals surface area contributed by atoms with Gasteiger partial charge in [0.05, 0.1) is 17.3 Å². The minimum atomic E-state index is -0.0176. The van der Waals surface area contributed by atoms with Crippen LogP contribution in [0.4, 0.5) is 11.4 Å². The summed E-state index contributed by atoms with van der Waals surface area (Å²) < 4.78 is 1.81. The molecule has 1 aromatic heterocycles. The van der Waals surface area contributed by atoms with E-state index in [2.05, 4.69) is 38.1 Å². The molecule has 0 saturated carbocycles. The molecule has 7 nitrogen and oxygen atoms in total. The number of nitrogens with one attached hydrogen (secondary N) is 1. The third-order valence-corrected chi connectivity index (χ3v) is 6.50. The molecule has 1 fully saturated rings. The number of hydrogen-bond donors (Lipinski definition) is 1. The lowest BCUT2D eigenvalue weighted by Crippen LogP contribution is -2.49. The van der Waals surface area contributed by atoms with Gasteiger partial charge < -0.3 is 9.88 Å². The van der Waals surface area contributed by atoms with Gasteiger partial charge in [0.2, 0.25) is 5.69 Å². The Morgan fingerprint density at radius 1 is 1.19 bits per heavy atom. The first-order valence-electron chi connectivity index (χ1n) is 10.5. The predicted molar refractivity (Wildman–Crippen MR) is 122 cm³/mol. The monoisotopic (exact) mass is 417 g/mol. The zero-order valence-electron chi connectivity index (χ0n) is 17.1. The fourth-order valence-corrected chi connectivity index (χ4v) is 4.71. The van der Waals surface area contributed by atoms with Gasteiger partial charge in [0.1, 0.15) is 12.1 Å². The van der Waals surface area contributed by atoms with E-state index in [1.54, 1.807) is 0 Å². The molecule has 0 radical (unpaired) electrons. The maximum atomic E-state index is 12.4. The topological polar surface area (TPSA) is 78.5 Å². The minimum absolute atomic E-state index is 0. The Morgan fingerprint density at radius 3 is 2.65 bits per heavy atom. The quantitative estimate of drug-likeness (QED) is 0.776. The van der Waals surface area contributed by atoms with Gasteiger partial charge in [0.25, 0.3) is 5.56 Å². The Labute approximate surface area is 182 Å². The van der Waals surface area contributed by atoms with E-state index in [1.165, 1.54) is 11.3 Å². The Bertz CT molecular complexity index is 1130. The number of rotatable bonds is 3. The third kappa shape index (κ3) is 3.91. The van der Waals surface area contributed by atoms with E-state index in [0.29, 0.717) is 18.2 Å². The molecule has 3 aliphatic rings. The second-order valence-electron chi connectivity index (χ2n) is 8.18. The highest BCUT2D eigenvalue weighted by atomic mass is 16.1. The Hall–Kier alpha value is -3.24. The highest BCUT2D eigenvalue weighted by molar-refractivity contribution is 5.67. The molecule has 1 aromatic carbocycles. The molecule has 2 aliphatic heterocycles. The molecule has 0 amide bonds. The number of nitrogens with zero attached hydrogens (tertiary/aromatic N) is 5. The van der Waals surface area contributed by atoms with E-state index in [1.807, 2.05) is 36.0 Å². The van der Waals surface area contributed by atoms with Crippen molar-refractivity contribution in [3.63, 3.8) is 0 Å². The summed E-state index contributed by atoms with van der Waals surface area (Å²) in [7, 11) is 1.90. The molecule has 31 heavy (non-hydrogen) atoms. The number of fused-ring (bicyclic) bond motifs is 1. The Kier molecular flexibility index (Phi) is 5.75. The SMILES string of the molecule is C.C[N+]1=NCc2c1cc(C1=C[C@H](N3CCN(c4ccc(C#N)cc4)CC3)CC1)[nH]c2=O. The molecule has 1 N–H and O–H groups in total. The number of nitriles is 1. The number of benzene rings is 1. The first-order chi connectivity index (χ1) is 14.6. The van der Waals surface area contributed by atoms with Crippen molar-refractivity contribution < 1.29 is 4.70 Å². The molecule has 5 rings (SSSR count). The standard InChI is InChI=1S/C23H24N6O.CH4/c1-27-22-13-21(26-23(30)20(22)15-25-27)17-4-7-19(12-17)29-10-8-28(9-11-29)18-5-2-16(14-24)3-6-18;/h2-3,5-6,12-13,19H,4,7-11,15H2,1H3;1H4/p+1/t19-;/m1./s1. The number of hydrogen-bond acceptors (Lipinski definition) is 5. The van der Waals surface area contributed by atoms with Crippen molar-refractivity contribution in [2.24, 2.45) is 5.11 Å². The lowest BCUT2D eigenvalue weighted by Gasteiger charge is -2.38. The van der Waals surface area contributed by atoms with Crippen LogP contribution in [0.3, 0.4) is 0 Å². The van der Waals surface area contributed by atoms with Gasteiger partial charge in [-0.1, -0.05) is 18.2 Å². The molecule has 1 saturated heterocycles. The van der Waals surface area contributed by atoms with Crippen LogP contribution >= 0.6 is 0 Å². The van der Waals surface area contributed by atoms with Gasteiger partial charge in [-0.2, -0.15) is 5.26 Å². The van der Waals surface area contributed by atoms with Crippen molar-refractivity contribution in [1.29, 1.82) is 5.26 Å². The van der Waals surface area contributed by atoms with Crippen LogP contribution in [-0.4, -0.2) is 53.8 Å². The van der Waals surface area contributed by atoms with Crippen molar-refractivity contribution in [1.82, 2.24) is 9.88 Å². The summed E-state index contributed by atoms with van der Waals surface area (Å²) in [5.41, 5.74) is 5.71. The van der Waals surface area contributed by atoms with Crippen LogP contribution < -0.4 is 10.5 Å². The first kappa shape index (κ1) is 21.0. The summed E-state index contributed by atoms with van der Waals surface area (Å²) in [6.07, 6.45) is 4.41. The highest BCUT2D eigenvalue weighted by Crippen LogP contribution is 2.33. The van der Waals surface area contributed by atoms with Crippen molar-refractivity contribution in [3.8, 4) is 6.07 Å². The van der Waals surface area contributed by atoms with Gasteiger partial charge >= 0.3 is 0 Å². The van der Waals surface area contributed by atoms with Crippen molar-refractivity contribution in [3.05, 3.63) is 63.6 Å². The normalized spacial score (nSPS) is 20.5. The molecule has 0 spiro atoms. The number of H-pyrrole nitrogens is 1. The van der Waals surface area contributed by atoms with Crippen LogP contribution in [0.25, 0.3) is 5.57 Å². The zero-order valence-corrected chi connectivity index (χ0v) is 17.1. The minimum Gasteiger partial charge on any atom is -0.369 e. The van der Waals surface area contributed by atoms with E-state index in [0.717, 1.165) is 56.0 Å². The second-order valence-corrected chi connectivity index (χ2v) is 8.18. The molecule has 1 aliphatic carbocycles. The molecule has 0 unspecified atom stereocenters. The van der Waals surface area contributed by atoms with Crippen LogP contribution in [0.5, 0.6) is 0 Å². The smallest absolute Gasteiger partial charge is 0.260 e. The van der Waals surface area contributed by atoms with Crippen molar-refractivity contribution >= 4 is 16.9 Å². The van der Waals surface area contributed by atoms with Gasteiger partial charge in [-0.15, -0.1) is 0 Å². The van der Waals surface area contributed by atoms with Crippen LogP contribution in [0.1, 0.15) is 37.1 Å². The van der Waals surface area contributed by atoms with Gasteiger partial charge in [-0.05, 0) is 47.8 Å². The largest absolute Gasteiger partial charge is 0.369 e. The maximum absolute atomic E-state index is 12.4. The highest BCUT2D eigenvalue weighted by Gasteiger charge is 2.29. The number of pyridine rings is 1. The number of anilines is 1. The van der Waals surface area contributed by atoms with Crippen LogP contribution in [0.15, 0.2) is 46.3 Å². The summed E-state index contributed by atoms with van der Waals surface area (Å²) in [6.45, 7) is 4.45. The second kappa shape index (κ2) is 8.48. The molecule has 1 atom stereocenters. The van der Waals surface area contributed by atoms with Gasteiger partial charge in [-0.25, -0.2) is 0 Å². The number of allylic oxidation sites excluding steroid dienone is 1. The van der Waals surface area contributed by atoms with Crippen molar-refractivity contribution in [2.45, 2.75) is 32.9 Å².